The van der Waals surface area contributed by atoms with Gasteiger partial charge in [0.1, 0.15) is 0 Å². The third-order valence-electron chi connectivity index (χ3n) is 3.67. The molecule has 1 aliphatic carbocycles. The Hall–Kier alpha value is 0.210. The molecule has 13 heavy (non-hydrogen) atoms. The Labute approximate surface area is 87.3 Å². The molecule has 0 amide bonds. The number of hydrogen-bond donors (Lipinski definition) is 1. The van der Waals surface area contributed by atoms with Crippen LogP contribution in [-0.4, -0.2) is 30.1 Å². The fraction of sp³-hybridized carbons (Fsp3) is 1.00. The minimum absolute atomic E-state index is 0. The van der Waals surface area contributed by atoms with Crippen molar-refractivity contribution in [3.63, 3.8) is 0 Å². The van der Waals surface area contributed by atoms with Crippen molar-refractivity contribution in [2.75, 3.05) is 13.1 Å². The highest BCUT2D eigenvalue weighted by molar-refractivity contribution is 5.85. The maximum atomic E-state index is 6.12. The standard InChI is InChI=1S/C10H20N2.ClH/c1-7(2)12-5-8-3-4-9(6-12)10(8)11;/h7-10H,3-6,11H2,1-2H3;1H. The molecule has 3 heteroatoms. The molecule has 2 fully saturated rings. The molecular formula is C10H21ClN2. The van der Waals surface area contributed by atoms with Crippen molar-refractivity contribution in [2.24, 2.45) is 17.6 Å². The van der Waals surface area contributed by atoms with Gasteiger partial charge in [0, 0.05) is 25.2 Å². The van der Waals surface area contributed by atoms with Gasteiger partial charge in [0.2, 0.25) is 0 Å². The molecule has 2 aliphatic rings. The van der Waals surface area contributed by atoms with Gasteiger partial charge in [0.15, 0.2) is 0 Å². The second-order valence-corrected chi connectivity index (χ2v) is 4.72. The Morgan fingerprint density at radius 2 is 1.62 bits per heavy atom. The van der Waals surface area contributed by atoms with E-state index in [0.29, 0.717) is 12.1 Å². The van der Waals surface area contributed by atoms with E-state index in [9.17, 15) is 0 Å². The highest BCUT2D eigenvalue weighted by Crippen LogP contribution is 2.36. The van der Waals surface area contributed by atoms with Crippen LogP contribution >= 0.6 is 12.4 Å². The van der Waals surface area contributed by atoms with Crippen LogP contribution in [0, 0.1) is 11.8 Å². The smallest absolute Gasteiger partial charge is 0.0120 e. The molecule has 2 unspecified atom stereocenters. The molecule has 0 radical (unpaired) electrons. The van der Waals surface area contributed by atoms with Crippen molar-refractivity contribution in [2.45, 2.75) is 38.8 Å². The van der Waals surface area contributed by atoms with Gasteiger partial charge in [-0.2, -0.15) is 0 Å². The van der Waals surface area contributed by atoms with Crippen molar-refractivity contribution in [1.82, 2.24) is 4.90 Å². The van der Waals surface area contributed by atoms with E-state index in [1.54, 1.807) is 0 Å². The Bertz CT molecular complexity index is 158. The second kappa shape index (κ2) is 4.16. The lowest BCUT2D eigenvalue weighted by atomic mass is 9.92. The van der Waals surface area contributed by atoms with E-state index in [4.69, 9.17) is 5.73 Å². The van der Waals surface area contributed by atoms with Gasteiger partial charge in [0.05, 0.1) is 0 Å². The van der Waals surface area contributed by atoms with Crippen molar-refractivity contribution in [3.05, 3.63) is 0 Å². The number of likely N-dealkylation sites (tertiary alicyclic amines) is 1. The number of nitrogens with zero attached hydrogens (tertiary/aromatic N) is 1. The zero-order valence-electron chi connectivity index (χ0n) is 8.57. The van der Waals surface area contributed by atoms with Crippen molar-refractivity contribution >= 4 is 12.4 Å². The van der Waals surface area contributed by atoms with Crippen LogP contribution in [-0.2, 0) is 0 Å². The van der Waals surface area contributed by atoms with E-state index in [2.05, 4.69) is 18.7 Å². The zero-order valence-corrected chi connectivity index (χ0v) is 9.39. The van der Waals surface area contributed by atoms with Gasteiger partial charge in [-0.25, -0.2) is 0 Å². The Morgan fingerprint density at radius 1 is 1.15 bits per heavy atom. The van der Waals surface area contributed by atoms with Crippen LogP contribution in [0.3, 0.4) is 0 Å². The van der Waals surface area contributed by atoms with Crippen LogP contribution in [0.5, 0.6) is 0 Å². The molecule has 0 aromatic rings. The summed E-state index contributed by atoms with van der Waals surface area (Å²) >= 11 is 0. The molecule has 1 aliphatic heterocycles. The number of nitrogens with two attached hydrogens (primary N) is 1. The van der Waals surface area contributed by atoms with Crippen LogP contribution in [0.4, 0.5) is 0 Å². The predicted octanol–water partition coefficient (Wildman–Crippen LogP) is 1.49. The molecule has 0 aromatic carbocycles. The summed E-state index contributed by atoms with van der Waals surface area (Å²) in [6.07, 6.45) is 2.74. The van der Waals surface area contributed by atoms with Gasteiger partial charge in [-0.1, -0.05) is 0 Å². The van der Waals surface area contributed by atoms with E-state index >= 15 is 0 Å². The molecule has 0 spiro atoms. The van der Waals surface area contributed by atoms with E-state index in [1.165, 1.54) is 25.9 Å². The summed E-state index contributed by atoms with van der Waals surface area (Å²) in [6, 6.07) is 1.22. The fourth-order valence-corrected chi connectivity index (χ4v) is 2.72. The lowest BCUT2D eigenvalue weighted by Crippen LogP contribution is -2.50. The average molecular weight is 205 g/mol. The highest BCUT2D eigenvalue weighted by Gasteiger charge is 2.40. The highest BCUT2D eigenvalue weighted by atomic mass is 35.5. The average Bonchev–Trinajstić information content (AvgIpc) is 2.30. The molecule has 1 saturated heterocycles. The summed E-state index contributed by atoms with van der Waals surface area (Å²) in [7, 11) is 0. The molecule has 1 heterocycles. The van der Waals surface area contributed by atoms with E-state index in [0.717, 1.165) is 11.8 Å². The summed E-state index contributed by atoms with van der Waals surface area (Å²) < 4.78 is 0. The van der Waals surface area contributed by atoms with Crippen molar-refractivity contribution < 1.29 is 0 Å². The maximum absolute atomic E-state index is 6.12. The van der Waals surface area contributed by atoms with Crippen LogP contribution in [0.15, 0.2) is 0 Å². The molecule has 1 saturated carbocycles. The maximum Gasteiger partial charge on any atom is 0.0120 e. The number of piperidine rings is 1. The molecule has 2 N–H and O–H groups in total. The van der Waals surface area contributed by atoms with E-state index in [-0.39, 0.29) is 12.4 Å². The first kappa shape index (κ1) is 11.3. The summed E-state index contributed by atoms with van der Waals surface area (Å²) in [6.45, 7) is 7.07. The third-order valence-corrected chi connectivity index (χ3v) is 3.67. The Balaban J connectivity index is 0.000000845. The monoisotopic (exact) mass is 204 g/mol. The lowest BCUT2D eigenvalue weighted by Gasteiger charge is -2.38. The molecule has 2 rings (SSSR count). The number of rotatable bonds is 1. The molecule has 78 valence electrons. The fourth-order valence-electron chi connectivity index (χ4n) is 2.72. The van der Waals surface area contributed by atoms with Gasteiger partial charge < -0.3 is 10.6 Å². The quantitative estimate of drug-likeness (QED) is 0.702. The zero-order chi connectivity index (χ0) is 8.72. The van der Waals surface area contributed by atoms with Crippen LogP contribution in [0.2, 0.25) is 0 Å². The number of hydrogen-bond acceptors (Lipinski definition) is 2. The molecular weight excluding hydrogens is 184 g/mol. The van der Waals surface area contributed by atoms with Crippen molar-refractivity contribution in [1.29, 1.82) is 0 Å². The van der Waals surface area contributed by atoms with Gasteiger partial charge >= 0.3 is 0 Å². The SMILES string of the molecule is CC(C)N1CC2CCC(C1)C2N.Cl. The minimum Gasteiger partial charge on any atom is -0.327 e. The lowest BCUT2D eigenvalue weighted by molar-refractivity contribution is 0.117. The van der Waals surface area contributed by atoms with E-state index in [1.807, 2.05) is 0 Å². The first-order chi connectivity index (χ1) is 5.68. The van der Waals surface area contributed by atoms with Gasteiger partial charge in [-0.15, -0.1) is 12.4 Å². The second-order valence-electron chi connectivity index (χ2n) is 4.72. The van der Waals surface area contributed by atoms with Crippen molar-refractivity contribution in [3.8, 4) is 0 Å². The van der Waals surface area contributed by atoms with Crippen LogP contribution in [0.1, 0.15) is 26.7 Å². The minimum atomic E-state index is 0. The predicted molar refractivity (Wildman–Crippen MR) is 58.1 cm³/mol. The largest absolute Gasteiger partial charge is 0.327 e. The van der Waals surface area contributed by atoms with Crippen LogP contribution in [0.25, 0.3) is 0 Å². The number of halogens is 1. The molecule has 2 bridgehead atoms. The molecule has 2 atom stereocenters. The molecule has 0 aromatic heterocycles. The third kappa shape index (κ3) is 2.00. The van der Waals surface area contributed by atoms with E-state index < -0.39 is 0 Å². The Kier molecular flexibility index (Phi) is 3.61. The normalized spacial score (nSPS) is 39.2. The summed E-state index contributed by atoms with van der Waals surface area (Å²) in [5.74, 6) is 1.59. The van der Waals surface area contributed by atoms with Gasteiger partial charge in [0.25, 0.3) is 0 Å². The Morgan fingerprint density at radius 3 is 2.00 bits per heavy atom. The topological polar surface area (TPSA) is 29.3 Å². The first-order valence-electron chi connectivity index (χ1n) is 5.18. The molecule has 2 nitrogen and oxygen atoms in total. The summed E-state index contributed by atoms with van der Waals surface area (Å²) in [5.41, 5.74) is 6.12. The van der Waals surface area contributed by atoms with Gasteiger partial charge in [-0.3, -0.25) is 0 Å². The first-order valence-corrected chi connectivity index (χ1v) is 5.18. The summed E-state index contributed by atoms with van der Waals surface area (Å²) in [4.78, 5) is 2.59. The van der Waals surface area contributed by atoms with Gasteiger partial charge in [-0.05, 0) is 38.5 Å². The van der Waals surface area contributed by atoms with Crippen LogP contribution < -0.4 is 5.73 Å². The summed E-state index contributed by atoms with van der Waals surface area (Å²) in [5, 5.41) is 0. The number of fused-ring (bicyclic) bond motifs is 2.